The van der Waals surface area contributed by atoms with Crippen LogP contribution in [0.1, 0.15) is 52.8 Å². The van der Waals surface area contributed by atoms with Crippen LogP contribution in [0.2, 0.25) is 0 Å². The summed E-state index contributed by atoms with van der Waals surface area (Å²) in [5, 5.41) is 5.29. The number of carbonyl (C=O) groups is 2. The van der Waals surface area contributed by atoms with Crippen molar-refractivity contribution < 1.29 is 41.0 Å². The second kappa shape index (κ2) is 12.8. The Balaban J connectivity index is 1.58. The Morgan fingerprint density at radius 2 is 1.21 bits per heavy atom. The molecule has 11 heteroatoms. The molecule has 34 heavy (non-hydrogen) atoms. The minimum Gasteiger partial charge on any atom is -0.494 e. The van der Waals surface area contributed by atoms with Crippen LogP contribution in [0.25, 0.3) is 0 Å². The molecule has 0 aromatic heterocycles. The fraction of sp³-hybridized carbons (Fsp3) is 0.391. The summed E-state index contributed by atoms with van der Waals surface area (Å²) >= 11 is 0. The molecule has 0 fully saturated rings. The summed E-state index contributed by atoms with van der Waals surface area (Å²) in [6.07, 6.45) is -1.17. The van der Waals surface area contributed by atoms with Gasteiger partial charge >= 0.3 is 6.36 Å². The molecular weight excluding hydrogens is 463 g/mol. The molecule has 0 saturated heterocycles. The Morgan fingerprint density at radius 1 is 0.765 bits per heavy atom. The van der Waals surface area contributed by atoms with E-state index in [0.717, 1.165) is 43.9 Å². The first-order valence-electron chi connectivity index (χ1n) is 10.6. The summed E-state index contributed by atoms with van der Waals surface area (Å²) in [4.78, 5) is 24.0. The van der Waals surface area contributed by atoms with E-state index in [-0.39, 0.29) is 22.8 Å². The highest BCUT2D eigenvalue weighted by Gasteiger charge is 2.32. The van der Waals surface area contributed by atoms with E-state index in [9.17, 15) is 31.5 Å². The smallest absolute Gasteiger partial charge is 0.494 e. The Bertz CT molecular complexity index is 982. The Kier molecular flexibility index (Phi) is 10.1. The summed E-state index contributed by atoms with van der Waals surface area (Å²) in [6.45, 7) is 0.754. The maximum Gasteiger partial charge on any atom is 0.573 e. The molecule has 6 nitrogen and oxygen atoms in total. The second-order valence-corrected chi connectivity index (χ2v) is 7.32. The second-order valence-electron chi connectivity index (χ2n) is 7.32. The number of nitrogens with one attached hydrogen (secondary N) is 2. The quantitative estimate of drug-likeness (QED) is 0.326. The van der Waals surface area contributed by atoms with E-state index in [1.54, 1.807) is 0 Å². The number of carbonyl (C=O) groups excluding carboxylic acids is 2. The minimum absolute atomic E-state index is 0.0633. The molecule has 0 unspecified atom stereocenters. The van der Waals surface area contributed by atoms with Gasteiger partial charge in [0.25, 0.3) is 11.8 Å². The first kappa shape index (κ1) is 26.9. The fourth-order valence-electron chi connectivity index (χ4n) is 3.05. The largest absolute Gasteiger partial charge is 0.573 e. The van der Waals surface area contributed by atoms with Crippen molar-refractivity contribution in [2.75, 3.05) is 20.2 Å². The predicted octanol–water partition coefficient (Wildman–Crippen LogP) is 4.98. The number of hydrogen-bond acceptors (Lipinski definition) is 4. The molecule has 0 atom stereocenters. The van der Waals surface area contributed by atoms with Gasteiger partial charge in [-0.2, -0.15) is 0 Å². The van der Waals surface area contributed by atoms with Crippen LogP contribution < -0.4 is 20.1 Å². The highest BCUT2D eigenvalue weighted by atomic mass is 19.4. The van der Waals surface area contributed by atoms with Crippen molar-refractivity contribution in [2.45, 2.75) is 38.5 Å². The molecule has 0 aliphatic heterocycles. The SMILES string of the molecule is COc1ccc(C(=O)NCCCCCCCNC(=O)c2ccc(OC(F)(F)F)c(F)c2)cc1F. The molecule has 2 amide bonds. The monoisotopic (exact) mass is 488 g/mol. The number of alkyl halides is 3. The summed E-state index contributed by atoms with van der Waals surface area (Å²) in [5.74, 6) is -3.81. The summed E-state index contributed by atoms with van der Waals surface area (Å²) < 4.78 is 72.1. The molecule has 0 spiro atoms. The molecule has 0 heterocycles. The van der Waals surface area contributed by atoms with Crippen LogP contribution in [0.4, 0.5) is 22.0 Å². The third-order valence-electron chi connectivity index (χ3n) is 4.76. The van der Waals surface area contributed by atoms with Gasteiger partial charge in [0.15, 0.2) is 23.1 Å². The number of benzene rings is 2. The average Bonchev–Trinajstić information content (AvgIpc) is 2.78. The van der Waals surface area contributed by atoms with Crippen LogP contribution >= 0.6 is 0 Å². The van der Waals surface area contributed by atoms with Gasteiger partial charge in [0.1, 0.15) is 0 Å². The van der Waals surface area contributed by atoms with Crippen LogP contribution in [0, 0.1) is 11.6 Å². The van der Waals surface area contributed by atoms with Gasteiger partial charge in [-0.05, 0) is 49.2 Å². The molecule has 0 aliphatic carbocycles. The molecule has 0 radical (unpaired) electrons. The number of amides is 2. The number of ether oxygens (including phenoxy) is 2. The van der Waals surface area contributed by atoms with Crippen LogP contribution in [-0.4, -0.2) is 38.4 Å². The molecule has 0 saturated carbocycles. The normalized spacial score (nSPS) is 11.1. The highest BCUT2D eigenvalue weighted by Crippen LogP contribution is 2.26. The van der Waals surface area contributed by atoms with Crippen LogP contribution in [-0.2, 0) is 0 Å². The molecule has 186 valence electrons. The molecule has 2 aromatic carbocycles. The number of rotatable bonds is 12. The standard InChI is InChI=1S/C23H25F5N2O4/c1-33-19-9-7-15(13-17(19)24)21(31)29-11-5-3-2-4-6-12-30-22(32)16-8-10-20(18(25)14-16)34-23(26,27)28/h7-10,13-14H,2-6,11-12H2,1H3,(H,29,31)(H,30,32). The van der Waals surface area contributed by atoms with E-state index < -0.39 is 29.7 Å². The predicted molar refractivity (Wildman–Crippen MR) is 114 cm³/mol. The fourth-order valence-corrected chi connectivity index (χ4v) is 3.05. The Labute approximate surface area is 193 Å². The molecule has 0 aliphatic rings. The zero-order valence-electron chi connectivity index (χ0n) is 18.4. The van der Waals surface area contributed by atoms with Crippen molar-refractivity contribution >= 4 is 11.8 Å². The van der Waals surface area contributed by atoms with Gasteiger partial charge in [0.05, 0.1) is 7.11 Å². The number of hydrogen-bond donors (Lipinski definition) is 2. The van der Waals surface area contributed by atoms with Crippen molar-refractivity contribution in [2.24, 2.45) is 0 Å². The van der Waals surface area contributed by atoms with Gasteiger partial charge in [0, 0.05) is 24.2 Å². The van der Waals surface area contributed by atoms with Gasteiger partial charge < -0.3 is 20.1 Å². The van der Waals surface area contributed by atoms with Crippen LogP contribution in [0.5, 0.6) is 11.5 Å². The van der Waals surface area contributed by atoms with Gasteiger partial charge in [-0.1, -0.05) is 19.3 Å². The highest BCUT2D eigenvalue weighted by molar-refractivity contribution is 5.94. The van der Waals surface area contributed by atoms with E-state index in [1.807, 2.05) is 0 Å². The first-order valence-corrected chi connectivity index (χ1v) is 10.6. The maximum atomic E-state index is 13.7. The van der Waals surface area contributed by atoms with Crippen molar-refractivity contribution in [3.63, 3.8) is 0 Å². The summed E-state index contributed by atoms with van der Waals surface area (Å²) in [7, 11) is 1.34. The first-order chi connectivity index (χ1) is 16.1. The van der Waals surface area contributed by atoms with Crippen molar-refractivity contribution in [3.05, 3.63) is 59.2 Å². The molecular formula is C23H25F5N2O4. The number of methoxy groups -OCH3 is 1. The molecule has 2 N–H and O–H groups in total. The molecule has 2 aromatic rings. The zero-order chi connectivity index (χ0) is 25.1. The van der Waals surface area contributed by atoms with Crippen molar-refractivity contribution in [3.8, 4) is 11.5 Å². The van der Waals surface area contributed by atoms with Gasteiger partial charge in [-0.15, -0.1) is 13.2 Å². The van der Waals surface area contributed by atoms with Crippen molar-refractivity contribution in [1.82, 2.24) is 10.6 Å². The lowest BCUT2D eigenvalue weighted by molar-refractivity contribution is -0.275. The Hall–Kier alpha value is -3.37. The minimum atomic E-state index is -5.02. The van der Waals surface area contributed by atoms with E-state index in [2.05, 4.69) is 15.4 Å². The lowest BCUT2D eigenvalue weighted by Gasteiger charge is -2.11. The molecule has 2 rings (SSSR count). The van der Waals surface area contributed by atoms with Gasteiger partial charge in [-0.25, -0.2) is 8.78 Å². The molecule has 0 bridgehead atoms. The van der Waals surface area contributed by atoms with E-state index in [0.29, 0.717) is 25.6 Å². The lowest BCUT2D eigenvalue weighted by Crippen LogP contribution is -2.25. The third-order valence-corrected chi connectivity index (χ3v) is 4.76. The lowest BCUT2D eigenvalue weighted by atomic mass is 10.1. The van der Waals surface area contributed by atoms with E-state index in [1.165, 1.54) is 19.2 Å². The average molecular weight is 488 g/mol. The topological polar surface area (TPSA) is 76.7 Å². The van der Waals surface area contributed by atoms with Crippen LogP contribution in [0.3, 0.4) is 0 Å². The zero-order valence-corrected chi connectivity index (χ0v) is 18.4. The maximum absolute atomic E-state index is 13.7. The van der Waals surface area contributed by atoms with E-state index in [4.69, 9.17) is 4.74 Å². The summed E-state index contributed by atoms with van der Waals surface area (Å²) in [6, 6.07) is 6.46. The van der Waals surface area contributed by atoms with Gasteiger partial charge in [-0.3, -0.25) is 9.59 Å². The number of unbranched alkanes of at least 4 members (excludes halogenated alkanes) is 4. The van der Waals surface area contributed by atoms with Crippen LogP contribution in [0.15, 0.2) is 36.4 Å². The Morgan fingerprint density at radius 3 is 1.62 bits per heavy atom. The van der Waals surface area contributed by atoms with Gasteiger partial charge in [0.2, 0.25) is 0 Å². The van der Waals surface area contributed by atoms with E-state index >= 15 is 0 Å². The third kappa shape index (κ3) is 8.87. The number of halogens is 5. The van der Waals surface area contributed by atoms with Crippen molar-refractivity contribution in [1.29, 1.82) is 0 Å². The summed E-state index contributed by atoms with van der Waals surface area (Å²) in [5.41, 5.74) is 0.0935.